The summed E-state index contributed by atoms with van der Waals surface area (Å²) in [6, 6.07) is 8.74. The number of hydrogen-bond donors (Lipinski definition) is 0. The van der Waals surface area contributed by atoms with Crippen LogP contribution in [0.5, 0.6) is 0 Å². The van der Waals surface area contributed by atoms with Crippen LogP contribution in [0.3, 0.4) is 0 Å². The van der Waals surface area contributed by atoms with Crippen LogP contribution in [0.25, 0.3) is 12.2 Å². The number of nitrogens with zero attached hydrogens (tertiary/aromatic N) is 1. The first-order valence-corrected chi connectivity index (χ1v) is 7.02. The van der Waals surface area contributed by atoms with Crippen molar-refractivity contribution in [2.75, 3.05) is 0 Å². The van der Waals surface area contributed by atoms with E-state index in [0.717, 1.165) is 23.2 Å². The van der Waals surface area contributed by atoms with Crippen molar-refractivity contribution in [3.63, 3.8) is 0 Å². The van der Waals surface area contributed by atoms with Crippen LogP contribution in [0.1, 0.15) is 49.1 Å². The van der Waals surface area contributed by atoms with Crippen LogP contribution in [0.15, 0.2) is 36.5 Å². The van der Waals surface area contributed by atoms with E-state index < -0.39 is 0 Å². The number of aryl methyl sites for hydroxylation is 1. The third-order valence-electron chi connectivity index (χ3n) is 3.27. The lowest BCUT2D eigenvalue weighted by atomic mass is 10.00. The summed E-state index contributed by atoms with van der Waals surface area (Å²) < 4.78 is 13.1. The van der Waals surface area contributed by atoms with E-state index in [1.807, 2.05) is 24.4 Å². The molecule has 0 N–H and O–H groups in total. The van der Waals surface area contributed by atoms with Gasteiger partial charge in [0.2, 0.25) is 0 Å². The van der Waals surface area contributed by atoms with Gasteiger partial charge < -0.3 is 0 Å². The van der Waals surface area contributed by atoms with Gasteiger partial charge in [0.15, 0.2) is 0 Å². The predicted octanol–water partition coefficient (Wildman–Crippen LogP) is 5.08. The van der Waals surface area contributed by atoms with E-state index in [0.29, 0.717) is 5.92 Å². The van der Waals surface area contributed by atoms with Gasteiger partial charge in [-0.1, -0.05) is 45.1 Å². The first kappa shape index (κ1) is 14.4. The zero-order chi connectivity index (χ0) is 14.5. The Morgan fingerprint density at radius 2 is 1.90 bits per heavy atom. The van der Waals surface area contributed by atoms with E-state index in [2.05, 4.69) is 31.8 Å². The van der Waals surface area contributed by atoms with E-state index in [4.69, 9.17) is 0 Å². The highest BCUT2D eigenvalue weighted by Crippen LogP contribution is 2.19. The Kier molecular flexibility index (Phi) is 4.67. The first-order chi connectivity index (χ1) is 9.60. The van der Waals surface area contributed by atoms with Crippen molar-refractivity contribution >= 4 is 12.2 Å². The summed E-state index contributed by atoms with van der Waals surface area (Å²) in [5, 5.41) is 0. The van der Waals surface area contributed by atoms with Crippen LogP contribution in [-0.4, -0.2) is 4.98 Å². The van der Waals surface area contributed by atoms with Gasteiger partial charge in [-0.15, -0.1) is 0 Å². The smallest absolute Gasteiger partial charge is 0.123 e. The maximum atomic E-state index is 13.1. The number of pyridine rings is 1. The molecule has 0 bridgehead atoms. The average molecular weight is 269 g/mol. The molecule has 0 aliphatic rings. The largest absolute Gasteiger partial charge is 0.260 e. The van der Waals surface area contributed by atoms with Crippen molar-refractivity contribution in [2.24, 2.45) is 0 Å². The lowest BCUT2D eigenvalue weighted by Crippen LogP contribution is -1.99. The fourth-order valence-electron chi connectivity index (χ4n) is 2.24. The van der Waals surface area contributed by atoms with Gasteiger partial charge in [0, 0.05) is 11.9 Å². The molecule has 1 nitrogen and oxygen atoms in total. The van der Waals surface area contributed by atoms with E-state index in [1.54, 1.807) is 6.07 Å². The minimum Gasteiger partial charge on any atom is -0.260 e. The first-order valence-electron chi connectivity index (χ1n) is 7.02. The summed E-state index contributed by atoms with van der Waals surface area (Å²) in [5.41, 5.74) is 4.35. The molecular weight excluding hydrogens is 249 g/mol. The van der Waals surface area contributed by atoms with Gasteiger partial charge in [-0.3, -0.25) is 4.98 Å². The Morgan fingerprint density at radius 3 is 2.55 bits per heavy atom. The number of rotatable bonds is 4. The quantitative estimate of drug-likeness (QED) is 0.754. The Bertz CT molecular complexity index is 615. The molecule has 1 heterocycles. The topological polar surface area (TPSA) is 12.9 Å². The molecule has 0 aliphatic heterocycles. The van der Waals surface area contributed by atoms with Gasteiger partial charge in [-0.05, 0) is 47.2 Å². The van der Waals surface area contributed by atoms with Gasteiger partial charge >= 0.3 is 0 Å². The lowest BCUT2D eigenvalue weighted by molar-refractivity contribution is 0.627. The average Bonchev–Trinajstić information content (AvgIpc) is 2.44. The standard InChI is InChI=1S/C18H20FN/c1-4-16-10-15(12-20-18(16)13(2)3)9-8-14-6-5-7-17(19)11-14/h5-13H,4H2,1-3H3/b9-8+. The molecule has 2 heteroatoms. The second-order valence-corrected chi connectivity index (χ2v) is 5.21. The van der Waals surface area contributed by atoms with Gasteiger partial charge in [0.1, 0.15) is 5.82 Å². The Labute approximate surface area is 120 Å². The third-order valence-corrected chi connectivity index (χ3v) is 3.27. The summed E-state index contributed by atoms with van der Waals surface area (Å²) in [4.78, 5) is 4.55. The van der Waals surface area contributed by atoms with Gasteiger partial charge in [0.25, 0.3) is 0 Å². The molecule has 0 aliphatic carbocycles. The highest BCUT2D eigenvalue weighted by molar-refractivity contribution is 5.69. The molecule has 0 amide bonds. The van der Waals surface area contributed by atoms with Crippen LogP contribution in [0.4, 0.5) is 4.39 Å². The maximum absolute atomic E-state index is 13.1. The molecule has 1 aromatic heterocycles. The molecule has 2 rings (SSSR count). The summed E-state index contributed by atoms with van der Waals surface area (Å²) in [6.07, 6.45) is 6.74. The minimum absolute atomic E-state index is 0.213. The van der Waals surface area contributed by atoms with Crippen molar-refractivity contribution in [1.29, 1.82) is 0 Å². The van der Waals surface area contributed by atoms with Crippen LogP contribution in [-0.2, 0) is 6.42 Å². The molecule has 1 aromatic carbocycles. The van der Waals surface area contributed by atoms with Crippen LogP contribution in [0, 0.1) is 5.82 Å². The zero-order valence-electron chi connectivity index (χ0n) is 12.2. The highest BCUT2D eigenvalue weighted by Gasteiger charge is 2.06. The van der Waals surface area contributed by atoms with Gasteiger partial charge in [0.05, 0.1) is 0 Å². The van der Waals surface area contributed by atoms with E-state index in [-0.39, 0.29) is 5.82 Å². The molecule has 0 fully saturated rings. The van der Waals surface area contributed by atoms with Crippen LogP contribution < -0.4 is 0 Å². The Balaban J connectivity index is 2.26. The monoisotopic (exact) mass is 269 g/mol. The SMILES string of the molecule is CCc1cc(/C=C/c2cccc(F)c2)cnc1C(C)C. The molecule has 0 unspecified atom stereocenters. The summed E-state index contributed by atoms with van der Waals surface area (Å²) in [5.74, 6) is 0.223. The third kappa shape index (κ3) is 3.53. The fourth-order valence-corrected chi connectivity index (χ4v) is 2.24. The highest BCUT2D eigenvalue weighted by atomic mass is 19.1. The van der Waals surface area contributed by atoms with Crippen LogP contribution >= 0.6 is 0 Å². The van der Waals surface area contributed by atoms with Gasteiger partial charge in [-0.25, -0.2) is 4.39 Å². The number of aromatic nitrogens is 1. The summed E-state index contributed by atoms with van der Waals surface area (Å²) >= 11 is 0. The molecule has 2 aromatic rings. The summed E-state index contributed by atoms with van der Waals surface area (Å²) in [7, 11) is 0. The normalized spacial score (nSPS) is 11.4. The second-order valence-electron chi connectivity index (χ2n) is 5.21. The molecule has 0 spiro atoms. The fraction of sp³-hybridized carbons (Fsp3) is 0.278. The maximum Gasteiger partial charge on any atom is 0.123 e. The van der Waals surface area contributed by atoms with Crippen LogP contribution in [0.2, 0.25) is 0 Å². The number of benzene rings is 1. The van der Waals surface area contributed by atoms with Gasteiger partial charge in [-0.2, -0.15) is 0 Å². The van der Waals surface area contributed by atoms with Crippen molar-refractivity contribution in [3.05, 3.63) is 64.7 Å². The van der Waals surface area contributed by atoms with Crippen molar-refractivity contribution in [3.8, 4) is 0 Å². The van der Waals surface area contributed by atoms with Crippen molar-refractivity contribution < 1.29 is 4.39 Å². The summed E-state index contributed by atoms with van der Waals surface area (Å²) in [6.45, 7) is 6.45. The van der Waals surface area contributed by atoms with E-state index in [1.165, 1.54) is 17.7 Å². The number of hydrogen-bond acceptors (Lipinski definition) is 1. The Morgan fingerprint density at radius 1 is 1.15 bits per heavy atom. The lowest BCUT2D eigenvalue weighted by Gasteiger charge is -2.10. The molecule has 0 saturated heterocycles. The zero-order valence-corrected chi connectivity index (χ0v) is 12.2. The van der Waals surface area contributed by atoms with Crippen molar-refractivity contribution in [1.82, 2.24) is 4.98 Å². The second kappa shape index (κ2) is 6.47. The molecule has 20 heavy (non-hydrogen) atoms. The predicted molar refractivity (Wildman–Crippen MR) is 83.0 cm³/mol. The Hall–Kier alpha value is -1.96. The van der Waals surface area contributed by atoms with E-state index >= 15 is 0 Å². The molecule has 0 radical (unpaired) electrons. The molecule has 0 atom stereocenters. The molecule has 104 valence electrons. The number of halogens is 1. The molecular formula is C18H20FN. The molecule has 0 saturated carbocycles. The van der Waals surface area contributed by atoms with E-state index in [9.17, 15) is 4.39 Å². The van der Waals surface area contributed by atoms with Crippen molar-refractivity contribution in [2.45, 2.75) is 33.1 Å². The minimum atomic E-state index is -0.213.